The normalized spacial score (nSPS) is 18.9. The van der Waals surface area contributed by atoms with Gasteiger partial charge in [0.1, 0.15) is 5.78 Å². The van der Waals surface area contributed by atoms with Crippen molar-refractivity contribution in [2.75, 3.05) is 0 Å². The van der Waals surface area contributed by atoms with Gasteiger partial charge in [0, 0.05) is 12.8 Å². The fourth-order valence-corrected chi connectivity index (χ4v) is 2.41. The molecule has 1 aromatic carbocycles. The third kappa shape index (κ3) is 2.62. The SMILES string of the molecule is N#CC1(c2cccc(C(F)(F)F)c2)CCC(=O)CC1. The molecule has 0 atom stereocenters. The van der Waals surface area contributed by atoms with Gasteiger partial charge in [0.2, 0.25) is 0 Å². The molecule has 2 nitrogen and oxygen atoms in total. The zero-order valence-corrected chi connectivity index (χ0v) is 10.1. The molecule has 1 saturated carbocycles. The number of ketones is 1. The Morgan fingerprint density at radius 2 is 1.84 bits per heavy atom. The standard InChI is InChI=1S/C14H12F3NO/c15-14(16,17)11-3-1-2-10(8-11)13(9-18)6-4-12(19)5-7-13/h1-3,8H,4-7H2. The molecule has 0 spiro atoms. The Labute approximate surface area is 108 Å². The van der Waals surface area contributed by atoms with Crippen LogP contribution in [0.1, 0.15) is 36.8 Å². The first-order valence-corrected chi connectivity index (χ1v) is 5.98. The van der Waals surface area contributed by atoms with E-state index in [4.69, 9.17) is 0 Å². The van der Waals surface area contributed by atoms with Crippen molar-refractivity contribution in [1.82, 2.24) is 0 Å². The van der Waals surface area contributed by atoms with Crippen LogP contribution >= 0.6 is 0 Å². The van der Waals surface area contributed by atoms with E-state index in [0.29, 0.717) is 18.4 Å². The van der Waals surface area contributed by atoms with E-state index in [1.165, 1.54) is 12.1 Å². The Morgan fingerprint density at radius 3 is 2.37 bits per heavy atom. The van der Waals surface area contributed by atoms with Crippen molar-refractivity contribution in [1.29, 1.82) is 5.26 Å². The summed E-state index contributed by atoms with van der Waals surface area (Å²) in [5.74, 6) is 0.0675. The predicted octanol–water partition coefficient (Wildman–Crippen LogP) is 3.61. The zero-order valence-electron chi connectivity index (χ0n) is 10.1. The number of halogens is 3. The molecule has 1 fully saturated rings. The topological polar surface area (TPSA) is 40.9 Å². The first-order valence-electron chi connectivity index (χ1n) is 5.98. The van der Waals surface area contributed by atoms with Gasteiger partial charge in [-0.3, -0.25) is 4.79 Å². The third-order valence-electron chi connectivity index (χ3n) is 3.62. The van der Waals surface area contributed by atoms with Crippen molar-refractivity contribution < 1.29 is 18.0 Å². The number of carbonyl (C=O) groups excluding carboxylic acids is 1. The Bertz CT molecular complexity index is 532. The lowest BCUT2D eigenvalue weighted by molar-refractivity contribution is -0.137. The van der Waals surface area contributed by atoms with Crippen molar-refractivity contribution in [2.45, 2.75) is 37.3 Å². The second kappa shape index (κ2) is 4.69. The molecular weight excluding hydrogens is 255 g/mol. The Morgan fingerprint density at radius 1 is 1.21 bits per heavy atom. The molecule has 0 unspecified atom stereocenters. The second-order valence-corrected chi connectivity index (χ2v) is 4.81. The monoisotopic (exact) mass is 267 g/mol. The van der Waals surface area contributed by atoms with Crippen LogP contribution in [-0.4, -0.2) is 5.78 Å². The van der Waals surface area contributed by atoms with Crippen LogP contribution < -0.4 is 0 Å². The van der Waals surface area contributed by atoms with E-state index in [1.54, 1.807) is 0 Å². The van der Waals surface area contributed by atoms with Crippen molar-refractivity contribution in [3.8, 4) is 6.07 Å². The highest BCUT2D eigenvalue weighted by Crippen LogP contribution is 2.40. The van der Waals surface area contributed by atoms with Crippen LogP contribution in [-0.2, 0) is 16.4 Å². The summed E-state index contributed by atoms with van der Waals surface area (Å²) in [4.78, 5) is 11.2. The molecule has 0 aliphatic heterocycles. The molecule has 0 heterocycles. The fraction of sp³-hybridized carbons (Fsp3) is 0.429. The first kappa shape index (κ1) is 13.6. The smallest absolute Gasteiger partial charge is 0.300 e. The molecule has 0 aromatic heterocycles. The molecule has 100 valence electrons. The summed E-state index contributed by atoms with van der Waals surface area (Å²) in [6, 6.07) is 6.98. The van der Waals surface area contributed by atoms with Crippen molar-refractivity contribution in [3.05, 3.63) is 35.4 Å². The van der Waals surface area contributed by atoms with Crippen LogP contribution in [0.2, 0.25) is 0 Å². The second-order valence-electron chi connectivity index (χ2n) is 4.81. The zero-order chi connectivity index (χ0) is 14.1. The molecule has 19 heavy (non-hydrogen) atoms. The fourth-order valence-electron chi connectivity index (χ4n) is 2.41. The predicted molar refractivity (Wildman–Crippen MR) is 62.2 cm³/mol. The van der Waals surface area contributed by atoms with E-state index >= 15 is 0 Å². The van der Waals surface area contributed by atoms with Gasteiger partial charge in [0.15, 0.2) is 0 Å². The molecule has 1 aliphatic rings. The minimum absolute atomic E-state index is 0.0675. The molecule has 1 aliphatic carbocycles. The summed E-state index contributed by atoms with van der Waals surface area (Å²) in [5.41, 5.74) is -1.36. The van der Waals surface area contributed by atoms with Gasteiger partial charge in [0.25, 0.3) is 0 Å². The average Bonchev–Trinajstić information content (AvgIpc) is 2.39. The number of benzene rings is 1. The number of alkyl halides is 3. The van der Waals surface area contributed by atoms with E-state index in [0.717, 1.165) is 12.1 Å². The number of nitriles is 1. The van der Waals surface area contributed by atoms with E-state index in [2.05, 4.69) is 6.07 Å². The first-order chi connectivity index (χ1) is 8.87. The number of rotatable bonds is 1. The van der Waals surface area contributed by atoms with Gasteiger partial charge in [-0.25, -0.2) is 0 Å². The molecule has 0 saturated heterocycles. The van der Waals surface area contributed by atoms with Gasteiger partial charge in [-0.15, -0.1) is 0 Å². The maximum atomic E-state index is 12.7. The van der Waals surface area contributed by atoms with Crippen molar-refractivity contribution >= 4 is 5.78 Å². The van der Waals surface area contributed by atoms with Gasteiger partial charge >= 0.3 is 6.18 Å². The van der Waals surface area contributed by atoms with E-state index in [-0.39, 0.29) is 18.6 Å². The maximum Gasteiger partial charge on any atom is 0.416 e. The van der Waals surface area contributed by atoms with Crippen LogP contribution in [0, 0.1) is 11.3 Å². The maximum absolute atomic E-state index is 12.7. The minimum atomic E-state index is -4.42. The number of hydrogen-bond donors (Lipinski definition) is 0. The van der Waals surface area contributed by atoms with E-state index in [1.807, 2.05) is 0 Å². The number of nitrogens with zero attached hydrogens (tertiary/aromatic N) is 1. The molecule has 0 bridgehead atoms. The molecule has 1 aromatic rings. The van der Waals surface area contributed by atoms with Gasteiger partial charge in [0.05, 0.1) is 17.0 Å². The van der Waals surface area contributed by atoms with Crippen molar-refractivity contribution in [2.24, 2.45) is 0 Å². The van der Waals surface area contributed by atoms with Crippen LogP contribution in [0.5, 0.6) is 0 Å². The molecular formula is C14H12F3NO. The van der Waals surface area contributed by atoms with Crippen LogP contribution in [0.4, 0.5) is 13.2 Å². The number of carbonyl (C=O) groups is 1. The molecule has 2 rings (SSSR count). The van der Waals surface area contributed by atoms with Gasteiger partial charge in [-0.2, -0.15) is 18.4 Å². The van der Waals surface area contributed by atoms with E-state index < -0.39 is 17.2 Å². The molecule has 0 radical (unpaired) electrons. The van der Waals surface area contributed by atoms with Crippen molar-refractivity contribution in [3.63, 3.8) is 0 Å². The lowest BCUT2D eigenvalue weighted by Gasteiger charge is -2.30. The highest BCUT2D eigenvalue weighted by atomic mass is 19.4. The van der Waals surface area contributed by atoms with Crippen LogP contribution in [0.3, 0.4) is 0 Å². The Kier molecular flexibility index (Phi) is 3.36. The van der Waals surface area contributed by atoms with E-state index in [9.17, 15) is 23.2 Å². The van der Waals surface area contributed by atoms with Gasteiger partial charge in [-0.1, -0.05) is 18.2 Å². The Balaban J connectivity index is 2.40. The largest absolute Gasteiger partial charge is 0.416 e. The lowest BCUT2D eigenvalue weighted by atomic mass is 9.70. The summed E-state index contributed by atoms with van der Waals surface area (Å²) < 4.78 is 38.1. The number of Topliss-reactive ketones (excluding diaryl/α,β-unsaturated/α-hetero) is 1. The highest BCUT2D eigenvalue weighted by Gasteiger charge is 2.38. The third-order valence-corrected chi connectivity index (χ3v) is 3.62. The lowest BCUT2D eigenvalue weighted by Crippen LogP contribution is -2.30. The molecule has 0 amide bonds. The molecule has 0 N–H and O–H groups in total. The van der Waals surface area contributed by atoms with Crippen LogP contribution in [0.25, 0.3) is 0 Å². The quantitative estimate of drug-likeness (QED) is 0.779. The summed E-state index contributed by atoms with van der Waals surface area (Å²) >= 11 is 0. The summed E-state index contributed by atoms with van der Waals surface area (Å²) in [6.07, 6.45) is -3.32. The van der Waals surface area contributed by atoms with Gasteiger partial charge in [-0.05, 0) is 24.5 Å². The number of hydrogen-bond acceptors (Lipinski definition) is 2. The van der Waals surface area contributed by atoms with Crippen LogP contribution in [0.15, 0.2) is 24.3 Å². The highest BCUT2D eigenvalue weighted by molar-refractivity contribution is 5.80. The Hall–Kier alpha value is -1.83. The molecule has 5 heteroatoms. The minimum Gasteiger partial charge on any atom is -0.300 e. The average molecular weight is 267 g/mol. The van der Waals surface area contributed by atoms with Gasteiger partial charge < -0.3 is 0 Å². The summed E-state index contributed by atoms with van der Waals surface area (Å²) in [6.45, 7) is 0. The summed E-state index contributed by atoms with van der Waals surface area (Å²) in [5, 5.41) is 9.33. The summed E-state index contributed by atoms with van der Waals surface area (Å²) in [7, 11) is 0.